The van der Waals surface area contributed by atoms with Crippen LogP contribution in [0.4, 0.5) is 39.5 Å². The average Bonchev–Trinajstić information content (AvgIpc) is 1.18. The standard InChI is InChI=1S/C28H26N2O3S.C17H16O3.C3H6O.3CHF3O3S.CH4N2S.CH4.Yb/c1-18-11-13-20(14-12-18)15-16-24(31)33-23-10-6-9-22(17-23)26-25(19(2)29-28(34)30-26)27(32)21-7-4-3-5-8-21;1-13-5-7-14(8-6-13)9-10-17(19)20-16-4-2-3-15(11-16)12-18;1-3(2)4;3*2-1(3,4)8(5,6)7;2-1(3)4;;/h3-14,17,26H,15-16H2,1-2H3,(H2,29,30,34);2-8,11-12H,9-10H2,1H3;1-2H3;3*(H,5,6,7);(H4,2,3,4);1H4;. The zero-order chi connectivity index (χ0) is 66.6. The summed E-state index contributed by atoms with van der Waals surface area (Å²) >= 11 is 9.45. The predicted molar refractivity (Wildman–Crippen MR) is 310 cm³/mol. The molecule has 5 aromatic rings. The zero-order valence-corrected chi connectivity index (χ0v) is 51.4. The number of ketones is 2. The maximum Gasteiger partial charge on any atom is 0.522 e. The number of ether oxygens (including phenoxy) is 2. The molecule has 0 amide bonds. The molecule has 0 saturated carbocycles. The SMILES string of the molecule is C.CC(C)=O.CC1=C(C(=O)c2ccccc2)C(c2cccc(OC(=O)CCc3ccc(C)cc3)c2)NC(=S)N1.Cc1ccc(CCC(=O)Oc2cccc(C=O)c2)cc1.NC(N)=S.O=S(=O)(O)C(F)(F)F.O=S(=O)(O)C(F)(F)F.O=S(=O)(O)C(F)(F)F.[Yb]. The van der Waals surface area contributed by atoms with Gasteiger partial charge in [-0.2, -0.15) is 64.8 Å². The van der Waals surface area contributed by atoms with E-state index in [1.807, 2.05) is 99.6 Å². The Bertz CT molecular complexity index is 3370. The van der Waals surface area contributed by atoms with Crippen molar-refractivity contribution in [1.82, 2.24) is 10.6 Å². The molecular formula is C53H59F9N4O16S5Yb. The number of thiocarbonyl (C=S) groups is 2. The molecule has 9 N–H and O–H groups in total. The van der Waals surface area contributed by atoms with E-state index < -0.39 is 52.9 Å². The molecule has 1 heterocycles. The Balaban J connectivity index is -0.00000113. The second-order valence-corrected chi connectivity index (χ2v) is 22.1. The summed E-state index contributed by atoms with van der Waals surface area (Å²) in [4.78, 5) is 57.6. The molecule has 1 atom stereocenters. The van der Waals surface area contributed by atoms with E-state index in [1.165, 1.54) is 25.0 Å². The first kappa shape index (κ1) is 86.0. The van der Waals surface area contributed by atoms with Gasteiger partial charge in [-0.15, -0.1) is 0 Å². The van der Waals surface area contributed by atoms with Crippen molar-refractivity contribution in [3.05, 3.63) is 178 Å². The second-order valence-electron chi connectivity index (χ2n) is 17.0. The number of aldehydes is 1. The van der Waals surface area contributed by atoms with E-state index in [-0.39, 0.29) is 89.4 Å². The number of nitrogens with two attached hydrogens (primary N) is 2. The number of halogens is 9. The van der Waals surface area contributed by atoms with Gasteiger partial charge in [0.15, 0.2) is 16.0 Å². The molecule has 35 heteroatoms. The fraction of sp³-hybridized carbons (Fsp3) is 0.264. The van der Waals surface area contributed by atoms with Gasteiger partial charge in [-0.1, -0.05) is 122 Å². The Morgan fingerprint density at radius 3 is 1.28 bits per heavy atom. The van der Waals surface area contributed by atoms with Gasteiger partial charge in [0.1, 0.15) is 23.6 Å². The van der Waals surface area contributed by atoms with Crippen LogP contribution in [-0.4, -0.2) is 95.5 Å². The van der Waals surface area contributed by atoms with Crippen molar-refractivity contribution in [1.29, 1.82) is 0 Å². The Hall–Kier alpha value is -6.21. The van der Waals surface area contributed by atoms with Gasteiger partial charge in [-0.25, -0.2) is 0 Å². The molecule has 0 aliphatic carbocycles. The largest absolute Gasteiger partial charge is 0.522 e. The first-order chi connectivity index (χ1) is 39.3. The number of aryl methyl sites for hydroxylation is 4. The van der Waals surface area contributed by atoms with Gasteiger partial charge in [0, 0.05) is 82.2 Å². The Labute approximate surface area is 550 Å². The Kier molecular flexibility index (Phi) is 38.8. The van der Waals surface area contributed by atoms with Crippen LogP contribution in [0.15, 0.2) is 139 Å². The van der Waals surface area contributed by atoms with Crippen LogP contribution >= 0.6 is 24.4 Å². The van der Waals surface area contributed by atoms with Crippen LogP contribution in [0.5, 0.6) is 11.5 Å². The summed E-state index contributed by atoms with van der Waals surface area (Å²) in [5, 5.41) is 6.69. The number of carbonyl (C=O) groups excluding carboxylic acids is 5. The summed E-state index contributed by atoms with van der Waals surface area (Å²) in [6.07, 6.45) is 2.57. The average molecular weight is 1510 g/mol. The van der Waals surface area contributed by atoms with Crippen LogP contribution in [0.25, 0.3) is 0 Å². The summed E-state index contributed by atoms with van der Waals surface area (Å²) in [6.45, 7) is 8.95. The summed E-state index contributed by atoms with van der Waals surface area (Å²) in [6, 6.07) is 38.6. The summed E-state index contributed by atoms with van der Waals surface area (Å²) in [5.41, 5.74) is 0.355. The first-order valence-electron chi connectivity index (χ1n) is 23.5. The quantitative estimate of drug-likeness (QED) is 0.00892. The van der Waals surface area contributed by atoms with Crippen molar-refractivity contribution < 1.29 is 159 Å². The molecule has 0 bridgehead atoms. The maximum absolute atomic E-state index is 13.3. The van der Waals surface area contributed by atoms with Crippen molar-refractivity contribution in [2.45, 2.75) is 90.3 Å². The number of esters is 2. The van der Waals surface area contributed by atoms with Crippen molar-refractivity contribution in [3.8, 4) is 11.5 Å². The van der Waals surface area contributed by atoms with E-state index in [2.05, 4.69) is 34.3 Å². The number of alkyl halides is 9. The van der Waals surface area contributed by atoms with E-state index in [1.54, 1.807) is 48.5 Å². The molecule has 6 rings (SSSR count). The molecular weight excluding hydrogens is 1450 g/mol. The van der Waals surface area contributed by atoms with E-state index >= 15 is 0 Å². The van der Waals surface area contributed by atoms with Gasteiger partial charge >= 0.3 is 58.8 Å². The fourth-order valence-corrected chi connectivity index (χ4v) is 6.04. The van der Waals surface area contributed by atoms with Crippen LogP contribution in [0.3, 0.4) is 0 Å². The molecule has 0 saturated heterocycles. The third kappa shape index (κ3) is 36.3. The molecule has 1 aliphatic rings. The molecule has 20 nitrogen and oxygen atoms in total. The van der Waals surface area contributed by atoms with Crippen molar-refractivity contribution in [3.63, 3.8) is 0 Å². The topological polar surface area (TPSA) is 343 Å². The van der Waals surface area contributed by atoms with Crippen molar-refractivity contribution >= 4 is 94.8 Å². The number of allylic oxidation sites excluding steroid dienone is 1. The third-order valence-corrected chi connectivity index (χ3v) is 11.5. The third-order valence-electron chi connectivity index (χ3n) is 9.55. The molecule has 494 valence electrons. The zero-order valence-electron chi connectivity index (χ0n) is 45.6. The summed E-state index contributed by atoms with van der Waals surface area (Å²) < 4.78 is 183. The molecule has 0 radical (unpaired) electrons. The molecule has 1 unspecified atom stereocenters. The molecule has 1 aliphatic heterocycles. The number of benzene rings is 5. The minimum absolute atomic E-state index is 0. The minimum Gasteiger partial charge on any atom is -0.427 e. The molecule has 5 aromatic carbocycles. The number of Topliss-reactive ketones (excluding diaryl/α,β-unsaturated/α-hetero) is 2. The Morgan fingerprint density at radius 2 is 0.943 bits per heavy atom. The number of nitrogens with one attached hydrogen (secondary N) is 2. The predicted octanol–water partition coefficient (Wildman–Crippen LogP) is 10.2. The Morgan fingerprint density at radius 1 is 0.602 bits per heavy atom. The second kappa shape index (κ2) is 39.7. The number of hydrogen-bond acceptors (Lipinski definition) is 15. The van der Waals surface area contributed by atoms with Gasteiger partial charge < -0.3 is 36.4 Å². The minimum atomic E-state index is -5.84. The van der Waals surface area contributed by atoms with Gasteiger partial charge in [-0.3, -0.25) is 32.8 Å². The normalized spacial score (nSPS) is 12.6. The monoisotopic (exact) mass is 1510 g/mol. The van der Waals surface area contributed by atoms with Gasteiger partial charge in [0.25, 0.3) is 0 Å². The summed E-state index contributed by atoms with van der Waals surface area (Å²) in [7, 11) is -17.5. The van der Waals surface area contributed by atoms with E-state index in [0.29, 0.717) is 58.3 Å². The van der Waals surface area contributed by atoms with E-state index in [9.17, 15) is 63.5 Å². The molecule has 0 fully saturated rings. The first-order valence-corrected chi connectivity index (χ1v) is 28.6. The molecule has 0 aromatic heterocycles. The molecule has 0 spiro atoms. The van der Waals surface area contributed by atoms with Crippen LogP contribution in [0.1, 0.15) is 95.6 Å². The van der Waals surface area contributed by atoms with Gasteiger partial charge in [0.05, 0.1) is 6.04 Å². The van der Waals surface area contributed by atoms with Crippen LogP contribution in [0.2, 0.25) is 0 Å². The number of rotatable bonds is 12. The van der Waals surface area contributed by atoms with Gasteiger partial charge in [0.2, 0.25) is 0 Å². The van der Waals surface area contributed by atoms with E-state index in [0.717, 1.165) is 23.0 Å². The van der Waals surface area contributed by atoms with Crippen molar-refractivity contribution in [2.75, 3.05) is 0 Å². The number of hydrogen-bond donors (Lipinski definition) is 7. The van der Waals surface area contributed by atoms with Crippen LogP contribution < -0.4 is 31.6 Å². The smallest absolute Gasteiger partial charge is 0.427 e. The summed E-state index contributed by atoms with van der Waals surface area (Å²) in [5.74, 6) is 0.309. The van der Waals surface area contributed by atoms with E-state index in [4.69, 9.17) is 60.6 Å². The van der Waals surface area contributed by atoms with Crippen molar-refractivity contribution in [2.24, 2.45) is 11.5 Å². The molecule has 88 heavy (non-hydrogen) atoms. The van der Waals surface area contributed by atoms with Crippen LogP contribution in [0, 0.1) is 60.8 Å². The van der Waals surface area contributed by atoms with Crippen LogP contribution in [-0.2, 0) is 57.6 Å². The number of carbonyl (C=O) groups is 5. The maximum atomic E-state index is 13.3. The van der Waals surface area contributed by atoms with Gasteiger partial charge in [-0.05, 0) is 113 Å². The fourth-order valence-electron chi connectivity index (χ4n) is 5.77.